The second-order valence-corrected chi connectivity index (χ2v) is 6.94. The third-order valence-electron chi connectivity index (χ3n) is 3.88. The van der Waals surface area contributed by atoms with Crippen LogP contribution in [0.25, 0.3) is 6.08 Å². The summed E-state index contributed by atoms with van der Waals surface area (Å²) < 4.78 is 10.5. The Morgan fingerprint density at radius 2 is 1.85 bits per heavy atom. The fourth-order valence-electron chi connectivity index (χ4n) is 2.50. The Morgan fingerprint density at radius 3 is 2.56 bits per heavy atom. The van der Waals surface area contributed by atoms with Crippen molar-refractivity contribution in [2.24, 2.45) is 0 Å². The lowest BCUT2D eigenvalue weighted by Crippen LogP contribution is -2.33. The summed E-state index contributed by atoms with van der Waals surface area (Å²) in [7, 11) is 3.09. The van der Waals surface area contributed by atoms with Crippen LogP contribution in [0.4, 0.5) is 10.5 Å². The van der Waals surface area contributed by atoms with E-state index in [0.29, 0.717) is 27.1 Å². The van der Waals surface area contributed by atoms with Gasteiger partial charge in [0.05, 0.1) is 36.5 Å². The quantitative estimate of drug-likeness (QED) is 0.717. The van der Waals surface area contributed by atoms with E-state index < -0.39 is 0 Å². The van der Waals surface area contributed by atoms with E-state index in [1.807, 2.05) is 6.07 Å². The first-order valence-electron chi connectivity index (χ1n) is 7.99. The van der Waals surface area contributed by atoms with Crippen molar-refractivity contribution >= 4 is 46.3 Å². The smallest absolute Gasteiger partial charge is 0.295 e. The molecule has 8 heteroatoms. The number of hydrogen-bond acceptors (Lipinski definition) is 6. The molecule has 1 aliphatic heterocycles. The van der Waals surface area contributed by atoms with Crippen molar-refractivity contribution in [3.05, 3.63) is 58.0 Å². The van der Waals surface area contributed by atoms with E-state index in [1.165, 1.54) is 7.11 Å². The number of hydrogen-bond donors (Lipinski definition) is 1. The average Bonchev–Trinajstić information content (AvgIpc) is 2.94. The van der Waals surface area contributed by atoms with Gasteiger partial charge in [-0.15, -0.1) is 0 Å². The number of halogens is 1. The second-order valence-electron chi connectivity index (χ2n) is 5.54. The summed E-state index contributed by atoms with van der Waals surface area (Å²) >= 11 is 6.98. The first kappa shape index (κ1) is 19.1. The fraction of sp³-hybridized carbons (Fsp3) is 0.158. The molecule has 1 aliphatic rings. The molecule has 0 bridgehead atoms. The van der Waals surface area contributed by atoms with Gasteiger partial charge in [0, 0.05) is 0 Å². The number of rotatable bonds is 6. The van der Waals surface area contributed by atoms with E-state index in [9.17, 15) is 9.59 Å². The lowest BCUT2D eigenvalue weighted by atomic mass is 10.2. The maximum absolute atomic E-state index is 12.6. The van der Waals surface area contributed by atoms with Gasteiger partial charge in [-0.2, -0.15) is 0 Å². The number of para-hydroxylation sites is 1. The first-order valence-corrected chi connectivity index (χ1v) is 9.18. The van der Waals surface area contributed by atoms with Crippen molar-refractivity contribution in [3.63, 3.8) is 0 Å². The average molecular weight is 405 g/mol. The normalized spacial score (nSPS) is 15.4. The number of thioether (sulfide) groups is 1. The maximum atomic E-state index is 12.6. The molecule has 6 nitrogen and oxygen atoms in total. The molecule has 1 N–H and O–H groups in total. The number of ether oxygens (including phenoxy) is 2. The fourth-order valence-corrected chi connectivity index (χ4v) is 3.54. The van der Waals surface area contributed by atoms with Gasteiger partial charge in [0.2, 0.25) is 0 Å². The third-order valence-corrected chi connectivity index (χ3v) is 5.12. The summed E-state index contributed by atoms with van der Waals surface area (Å²) in [5.41, 5.74) is 1.39. The molecular formula is C19H17ClN2O4S. The number of amides is 2. The number of carbonyl (C=O) groups excluding carboxylic acids is 2. The standard InChI is InChI=1S/C19H17ClN2O4S/c1-25-15-8-7-12(9-16(15)26-2)10-17-18(23)22(19(24)27-17)11-21-14-6-4-3-5-13(14)20/h3-10,21H,11H2,1-2H3/b17-10+. The van der Waals surface area contributed by atoms with E-state index in [1.54, 1.807) is 49.6 Å². The van der Waals surface area contributed by atoms with Crippen LogP contribution in [0.1, 0.15) is 5.56 Å². The predicted octanol–water partition coefficient (Wildman–Crippen LogP) is 4.46. The molecule has 3 rings (SSSR count). The van der Waals surface area contributed by atoms with E-state index in [-0.39, 0.29) is 17.8 Å². The number of anilines is 1. The molecule has 2 amide bonds. The summed E-state index contributed by atoms with van der Waals surface area (Å²) in [5.74, 6) is 0.775. The molecule has 0 saturated carbocycles. The number of carbonyl (C=O) groups is 2. The number of nitrogens with zero attached hydrogens (tertiary/aromatic N) is 1. The van der Waals surface area contributed by atoms with E-state index in [0.717, 1.165) is 22.2 Å². The summed E-state index contributed by atoms with van der Waals surface area (Å²) in [5, 5.41) is 3.19. The van der Waals surface area contributed by atoms with Gasteiger partial charge in [-0.05, 0) is 47.7 Å². The third kappa shape index (κ3) is 4.20. The lowest BCUT2D eigenvalue weighted by Gasteiger charge is -2.15. The van der Waals surface area contributed by atoms with Crippen LogP contribution in [-0.2, 0) is 4.79 Å². The molecule has 0 radical (unpaired) electrons. The Hall–Kier alpha value is -2.64. The van der Waals surface area contributed by atoms with Crippen molar-refractivity contribution in [2.75, 3.05) is 26.2 Å². The van der Waals surface area contributed by atoms with Gasteiger partial charge in [0.15, 0.2) is 11.5 Å². The zero-order valence-corrected chi connectivity index (χ0v) is 16.3. The topological polar surface area (TPSA) is 67.9 Å². The minimum absolute atomic E-state index is 0.0394. The van der Waals surface area contributed by atoms with Crippen LogP contribution in [0.5, 0.6) is 11.5 Å². The Labute approximate surface area is 166 Å². The molecule has 0 atom stereocenters. The van der Waals surface area contributed by atoms with Crippen molar-refractivity contribution in [3.8, 4) is 11.5 Å². The van der Waals surface area contributed by atoms with Crippen molar-refractivity contribution in [1.82, 2.24) is 4.90 Å². The highest BCUT2D eigenvalue weighted by Gasteiger charge is 2.34. The van der Waals surface area contributed by atoms with Gasteiger partial charge in [0.25, 0.3) is 11.1 Å². The van der Waals surface area contributed by atoms with Crippen molar-refractivity contribution < 1.29 is 19.1 Å². The van der Waals surface area contributed by atoms with Gasteiger partial charge in [-0.25, -0.2) is 0 Å². The molecule has 1 saturated heterocycles. The van der Waals surface area contributed by atoms with Gasteiger partial charge in [0.1, 0.15) is 0 Å². The molecule has 0 unspecified atom stereocenters. The number of methoxy groups -OCH3 is 2. The minimum atomic E-state index is -0.362. The van der Waals surface area contributed by atoms with Crippen molar-refractivity contribution in [1.29, 1.82) is 0 Å². The number of benzene rings is 2. The van der Waals surface area contributed by atoms with Gasteiger partial charge < -0.3 is 14.8 Å². The highest BCUT2D eigenvalue weighted by Crippen LogP contribution is 2.34. The highest BCUT2D eigenvalue weighted by atomic mass is 35.5. The minimum Gasteiger partial charge on any atom is -0.493 e. The van der Waals surface area contributed by atoms with Crippen molar-refractivity contribution in [2.45, 2.75) is 0 Å². The Morgan fingerprint density at radius 1 is 1.11 bits per heavy atom. The predicted molar refractivity (Wildman–Crippen MR) is 107 cm³/mol. The molecule has 27 heavy (non-hydrogen) atoms. The maximum Gasteiger partial charge on any atom is 0.295 e. The molecule has 2 aromatic carbocycles. The Balaban J connectivity index is 1.75. The van der Waals surface area contributed by atoms with Crippen LogP contribution in [0.15, 0.2) is 47.4 Å². The molecule has 1 fully saturated rings. The van der Waals surface area contributed by atoms with Crippen LogP contribution in [-0.4, -0.2) is 36.9 Å². The summed E-state index contributed by atoms with van der Waals surface area (Å²) in [4.78, 5) is 26.3. The summed E-state index contributed by atoms with van der Waals surface area (Å²) in [6.45, 7) is 0.0394. The largest absolute Gasteiger partial charge is 0.493 e. The molecule has 0 aromatic heterocycles. The number of nitrogens with one attached hydrogen (secondary N) is 1. The second kappa shape index (κ2) is 8.37. The monoisotopic (exact) mass is 404 g/mol. The molecule has 0 aliphatic carbocycles. The zero-order valence-electron chi connectivity index (χ0n) is 14.7. The van der Waals surface area contributed by atoms with Crippen LogP contribution in [0.2, 0.25) is 5.02 Å². The highest BCUT2D eigenvalue weighted by molar-refractivity contribution is 8.18. The molecule has 140 valence electrons. The molecule has 1 heterocycles. The van der Waals surface area contributed by atoms with Crippen LogP contribution in [0.3, 0.4) is 0 Å². The Bertz CT molecular complexity index is 916. The lowest BCUT2D eigenvalue weighted by molar-refractivity contribution is -0.122. The first-order chi connectivity index (χ1) is 13.0. The molecule has 2 aromatic rings. The molecule has 0 spiro atoms. The van der Waals surface area contributed by atoms with Crippen LogP contribution in [0, 0.1) is 0 Å². The van der Waals surface area contributed by atoms with E-state index in [2.05, 4.69) is 5.32 Å². The SMILES string of the molecule is COc1ccc(/C=C2/SC(=O)N(CNc3ccccc3Cl)C2=O)cc1OC. The number of imide groups is 1. The Kier molecular flexibility index (Phi) is 5.93. The van der Waals surface area contributed by atoms with Crippen LogP contribution < -0.4 is 14.8 Å². The van der Waals surface area contributed by atoms with E-state index >= 15 is 0 Å². The van der Waals surface area contributed by atoms with Crippen LogP contribution >= 0.6 is 23.4 Å². The zero-order chi connectivity index (χ0) is 19.4. The van der Waals surface area contributed by atoms with Gasteiger partial charge >= 0.3 is 0 Å². The van der Waals surface area contributed by atoms with E-state index in [4.69, 9.17) is 21.1 Å². The molecular weight excluding hydrogens is 388 g/mol. The van der Waals surface area contributed by atoms with Gasteiger partial charge in [-0.3, -0.25) is 14.5 Å². The summed E-state index contributed by atoms with van der Waals surface area (Å²) in [6, 6.07) is 12.4. The summed E-state index contributed by atoms with van der Waals surface area (Å²) in [6.07, 6.45) is 1.66. The van der Waals surface area contributed by atoms with Gasteiger partial charge in [-0.1, -0.05) is 29.8 Å².